The van der Waals surface area contributed by atoms with Crippen molar-refractivity contribution in [1.82, 2.24) is 0 Å². The maximum Gasteiger partial charge on any atom is 0.479 e. The molecule has 5 nitrogen and oxygen atoms in total. The van der Waals surface area contributed by atoms with E-state index in [1.165, 1.54) is 6.92 Å². The molecular formula is C14H17F2O5P. The molecular weight excluding hydrogens is 317 g/mol. The molecule has 1 aliphatic carbocycles. The van der Waals surface area contributed by atoms with Crippen LogP contribution in [0.3, 0.4) is 0 Å². The minimum Gasteiger partial charge on any atom is -0.294 e. The molecule has 0 N–H and O–H groups in total. The van der Waals surface area contributed by atoms with Crippen LogP contribution in [0, 0.1) is 11.3 Å². The maximum atomic E-state index is 14.3. The molecule has 1 aromatic rings. The van der Waals surface area contributed by atoms with Crippen molar-refractivity contribution in [3.8, 4) is 0 Å². The molecule has 122 valence electrons. The third kappa shape index (κ3) is 2.99. The van der Waals surface area contributed by atoms with Crippen molar-refractivity contribution in [3.05, 3.63) is 35.9 Å². The second-order valence-electron chi connectivity index (χ2n) is 5.32. The summed E-state index contributed by atoms with van der Waals surface area (Å²) in [5.41, 5.74) is -1.39. The summed E-state index contributed by atoms with van der Waals surface area (Å²) in [4.78, 5) is 12.3. The van der Waals surface area contributed by atoms with Gasteiger partial charge in [0.05, 0.1) is 5.41 Å². The van der Waals surface area contributed by atoms with Crippen LogP contribution in [0.15, 0.2) is 30.3 Å². The van der Waals surface area contributed by atoms with E-state index in [4.69, 9.17) is 0 Å². The molecule has 0 amide bonds. The van der Waals surface area contributed by atoms with E-state index in [0.29, 0.717) is 5.56 Å². The molecule has 1 aliphatic rings. The average Bonchev–Trinajstić information content (AvgIpc) is 3.21. The number of hydrogen-bond acceptors (Lipinski definition) is 5. The van der Waals surface area contributed by atoms with Crippen molar-refractivity contribution in [2.75, 3.05) is 14.2 Å². The largest absolute Gasteiger partial charge is 0.479 e. The highest BCUT2D eigenvalue weighted by molar-refractivity contribution is 7.48. The topological polar surface area (TPSA) is 61.8 Å². The van der Waals surface area contributed by atoms with E-state index in [-0.39, 0.29) is 6.42 Å². The highest BCUT2D eigenvalue weighted by Crippen LogP contribution is 2.67. The predicted molar refractivity (Wildman–Crippen MR) is 74.6 cm³/mol. The fraction of sp³-hybridized carbons (Fsp3) is 0.500. The number of alkyl halides is 2. The molecule has 8 heteroatoms. The molecule has 0 aromatic heterocycles. The van der Waals surface area contributed by atoms with E-state index in [9.17, 15) is 18.1 Å². The van der Waals surface area contributed by atoms with Gasteiger partial charge in [0.1, 0.15) is 0 Å². The third-order valence-electron chi connectivity index (χ3n) is 3.95. The summed E-state index contributed by atoms with van der Waals surface area (Å²) in [5, 5.41) is 0. The van der Waals surface area contributed by atoms with E-state index in [1.54, 1.807) is 30.3 Å². The summed E-state index contributed by atoms with van der Waals surface area (Å²) in [6, 6.07) is 8.18. The number of hydrogen-bond donors (Lipinski definition) is 0. The fourth-order valence-corrected chi connectivity index (χ4v) is 3.05. The zero-order chi connectivity index (χ0) is 16.6. The summed E-state index contributed by atoms with van der Waals surface area (Å²) in [5.74, 6) is -1.30. The molecule has 2 rings (SSSR count). The number of halogens is 2. The first kappa shape index (κ1) is 17.2. The van der Waals surface area contributed by atoms with Gasteiger partial charge < -0.3 is 0 Å². The van der Waals surface area contributed by atoms with Crippen molar-refractivity contribution in [3.63, 3.8) is 0 Å². The van der Waals surface area contributed by atoms with E-state index < -0.39 is 31.0 Å². The van der Waals surface area contributed by atoms with Gasteiger partial charge in [-0.05, 0) is 6.42 Å². The summed E-state index contributed by atoms with van der Waals surface area (Å²) in [6.45, 7) is 1.22. The normalized spacial score (nSPS) is 25.0. The van der Waals surface area contributed by atoms with Crippen LogP contribution < -0.4 is 0 Å². The summed E-state index contributed by atoms with van der Waals surface area (Å²) in [6.07, 6.45) is -3.88. The quantitative estimate of drug-likeness (QED) is 0.559. The Morgan fingerprint density at radius 3 is 2.32 bits per heavy atom. The van der Waals surface area contributed by atoms with Gasteiger partial charge in [-0.15, -0.1) is 0 Å². The molecule has 0 unspecified atom stereocenters. The van der Waals surface area contributed by atoms with Crippen LogP contribution in [0.4, 0.5) is 8.78 Å². The number of ketones is 1. The van der Waals surface area contributed by atoms with Gasteiger partial charge in [0.2, 0.25) is 0 Å². The van der Waals surface area contributed by atoms with Gasteiger partial charge in [0.25, 0.3) is 0 Å². The molecule has 1 fully saturated rings. The number of benzene rings is 1. The van der Waals surface area contributed by atoms with Gasteiger partial charge in [-0.3, -0.25) is 13.8 Å². The smallest absolute Gasteiger partial charge is 0.294 e. The first-order valence-corrected chi connectivity index (χ1v) is 8.04. The zero-order valence-electron chi connectivity index (χ0n) is 12.4. The highest BCUT2D eigenvalue weighted by Gasteiger charge is 2.71. The van der Waals surface area contributed by atoms with E-state index in [0.717, 1.165) is 14.2 Å². The summed E-state index contributed by atoms with van der Waals surface area (Å²) in [7, 11) is -2.46. The number of phosphoric acid groups is 1. The van der Waals surface area contributed by atoms with Crippen molar-refractivity contribution in [1.29, 1.82) is 0 Å². The molecule has 0 bridgehead atoms. The van der Waals surface area contributed by atoms with Crippen molar-refractivity contribution in [2.24, 2.45) is 11.3 Å². The molecule has 0 saturated heterocycles. The minimum absolute atomic E-state index is 0.0683. The standard InChI is InChI=1S/C14H17F2O5P/c1-13(14(15,16)21-22(18,19-2)20-3)9-11(13)12(17)10-7-5-4-6-8-10/h4-8,11H,9H2,1-3H3/t11-,13+/m0/s1. The van der Waals surface area contributed by atoms with Crippen LogP contribution in [0.5, 0.6) is 0 Å². The number of carbonyl (C=O) groups excluding carboxylic acids is 1. The van der Waals surface area contributed by atoms with Crippen LogP contribution >= 0.6 is 7.82 Å². The molecule has 0 aliphatic heterocycles. The first-order chi connectivity index (χ1) is 10.2. The third-order valence-corrected chi connectivity index (χ3v) is 5.30. The molecule has 1 saturated carbocycles. The minimum atomic E-state index is -4.35. The van der Waals surface area contributed by atoms with Crippen molar-refractivity contribution in [2.45, 2.75) is 19.5 Å². The second kappa shape index (κ2) is 5.81. The Morgan fingerprint density at radius 2 is 1.82 bits per heavy atom. The van der Waals surface area contributed by atoms with Gasteiger partial charge in [-0.25, -0.2) is 9.09 Å². The van der Waals surface area contributed by atoms with Gasteiger partial charge in [0.15, 0.2) is 5.78 Å². The van der Waals surface area contributed by atoms with Crippen LogP contribution in [-0.4, -0.2) is 26.1 Å². The van der Waals surface area contributed by atoms with Crippen molar-refractivity contribution >= 4 is 13.6 Å². The van der Waals surface area contributed by atoms with Crippen LogP contribution in [0.25, 0.3) is 0 Å². The lowest BCUT2D eigenvalue weighted by Crippen LogP contribution is -2.33. The molecule has 2 atom stereocenters. The number of Topliss-reactive ketones (excluding diaryl/α,β-unsaturated/α-hetero) is 1. The lowest BCUT2D eigenvalue weighted by atomic mass is 9.99. The van der Waals surface area contributed by atoms with Gasteiger partial charge >= 0.3 is 13.9 Å². The maximum absolute atomic E-state index is 14.3. The Hall–Kier alpha value is -1.14. The van der Waals surface area contributed by atoms with Gasteiger partial charge in [-0.2, -0.15) is 8.78 Å². The van der Waals surface area contributed by atoms with Crippen LogP contribution in [-0.2, 0) is 18.1 Å². The summed E-state index contributed by atoms with van der Waals surface area (Å²) >= 11 is 0. The van der Waals surface area contributed by atoms with Gasteiger partial charge in [0, 0.05) is 25.7 Å². The monoisotopic (exact) mass is 334 g/mol. The Morgan fingerprint density at radius 1 is 1.27 bits per heavy atom. The summed E-state index contributed by atoms with van der Waals surface area (Å²) < 4.78 is 53.4. The van der Waals surface area contributed by atoms with E-state index in [1.807, 2.05) is 0 Å². The number of phosphoric ester groups is 1. The van der Waals surface area contributed by atoms with E-state index in [2.05, 4.69) is 13.6 Å². The molecule has 22 heavy (non-hydrogen) atoms. The molecule has 0 spiro atoms. The lowest BCUT2D eigenvalue weighted by molar-refractivity contribution is -0.235. The molecule has 0 heterocycles. The second-order valence-corrected chi connectivity index (χ2v) is 7.13. The predicted octanol–water partition coefficient (Wildman–Crippen LogP) is 3.91. The van der Waals surface area contributed by atoms with E-state index >= 15 is 0 Å². The van der Waals surface area contributed by atoms with Gasteiger partial charge in [-0.1, -0.05) is 37.3 Å². The zero-order valence-corrected chi connectivity index (χ0v) is 13.3. The number of rotatable bonds is 7. The Bertz CT molecular complexity index is 599. The Kier molecular flexibility index (Phi) is 4.55. The fourth-order valence-electron chi connectivity index (χ4n) is 2.27. The van der Waals surface area contributed by atoms with Crippen molar-refractivity contribution < 1.29 is 31.7 Å². The first-order valence-electron chi connectivity index (χ1n) is 6.58. The lowest BCUT2D eigenvalue weighted by Gasteiger charge is -2.26. The Labute approximate surface area is 127 Å². The van der Waals surface area contributed by atoms with Crippen LogP contribution in [0.2, 0.25) is 0 Å². The highest BCUT2D eigenvalue weighted by atomic mass is 31.2. The Balaban J connectivity index is 2.16. The molecule has 1 aromatic carbocycles. The average molecular weight is 334 g/mol. The molecule has 0 radical (unpaired) electrons. The SMILES string of the molecule is COP(=O)(OC)OC(F)(F)[C@]1(C)C[C@H]1C(=O)c1ccccc1. The number of carbonyl (C=O) groups is 1. The van der Waals surface area contributed by atoms with Crippen LogP contribution in [0.1, 0.15) is 23.7 Å².